The number of fused-ring (bicyclic) bond motifs is 1. The molecule has 3 aromatic heterocycles. The first-order valence-corrected chi connectivity index (χ1v) is 12.8. The van der Waals surface area contributed by atoms with E-state index in [0.29, 0.717) is 37.0 Å². The van der Waals surface area contributed by atoms with Gasteiger partial charge in [-0.2, -0.15) is 23.0 Å². The normalized spacial score (nSPS) is 14.8. The van der Waals surface area contributed by atoms with Gasteiger partial charge < -0.3 is 19.7 Å². The van der Waals surface area contributed by atoms with Gasteiger partial charge in [0.1, 0.15) is 5.69 Å². The highest BCUT2D eigenvalue weighted by atomic mass is 79.9. The molecule has 0 spiro atoms. The van der Waals surface area contributed by atoms with Crippen LogP contribution in [0.25, 0.3) is 28.4 Å². The SMILES string of the molecule is COC(=O)N1CCC(CCc2c(-c3ccc(C(F)(F)F)cn3)nn(-c3nc4cc(Br)ccc4[nH]3)c2O)CC1. The first kappa shape index (κ1) is 26.0. The van der Waals surface area contributed by atoms with Crippen LogP contribution in [0.2, 0.25) is 0 Å². The van der Waals surface area contributed by atoms with Crippen LogP contribution in [0.5, 0.6) is 5.88 Å². The van der Waals surface area contributed by atoms with Crippen LogP contribution in [0.3, 0.4) is 0 Å². The van der Waals surface area contributed by atoms with Gasteiger partial charge in [0.2, 0.25) is 11.8 Å². The monoisotopic (exact) mass is 592 g/mol. The fourth-order valence-corrected chi connectivity index (χ4v) is 5.02. The number of H-pyrrole nitrogens is 1. The van der Waals surface area contributed by atoms with Crippen molar-refractivity contribution in [3.05, 3.63) is 52.1 Å². The number of piperidine rings is 1. The molecule has 0 unspecified atom stereocenters. The molecule has 1 amide bonds. The van der Waals surface area contributed by atoms with Crippen molar-refractivity contribution in [1.82, 2.24) is 29.6 Å². The minimum Gasteiger partial charge on any atom is -0.493 e. The van der Waals surface area contributed by atoms with Gasteiger partial charge in [-0.15, -0.1) is 0 Å². The number of alkyl halides is 3. The molecule has 0 saturated carbocycles. The van der Waals surface area contributed by atoms with E-state index in [4.69, 9.17) is 4.74 Å². The third-order valence-corrected chi connectivity index (χ3v) is 7.27. The number of aromatic nitrogens is 5. The lowest BCUT2D eigenvalue weighted by atomic mass is 9.90. The van der Waals surface area contributed by atoms with Crippen LogP contribution < -0.4 is 0 Å². The predicted octanol–water partition coefficient (Wildman–Crippen LogP) is 5.71. The highest BCUT2D eigenvalue weighted by Crippen LogP contribution is 2.35. The topological polar surface area (TPSA) is 109 Å². The molecule has 0 aliphatic carbocycles. The number of nitrogens with one attached hydrogen (secondary N) is 1. The van der Waals surface area contributed by atoms with Crippen molar-refractivity contribution in [1.29, 1.82) is 0 Å². The zero-order valence-corrected chi connectivity index (χ0v) is 21.9. The van der Waals surface area contributed by atoms with E-state index in [1.165, 1.54) is 17.9 Å². The second-order valence-corrected chi connectivity index (χ2v) is 10.1. The van der Waals surface area contributed by atoms with E-state index in [1.54, 1.807) is 4.90 Å². The van der Waals surface area contributed by atoms with Gasteiger partial charge in [0, 0.05) is 29.3 Å². The van der Waals surface area contributed by atoms with Crippen LogP contribution in [-0.2, 0) is 17.3 Å². The van der Waals surface area contributed by atoms with Gasteiger partial charge in [-0.3, -0.25) is 4.98 Å². The first-order valence-electron chi connectivity index (χ1n) is 12.0. The molecular weight excluding hydrogens is 569 g/mol. The third kappa shape index (κ3) is 5.19. The fraction of sp³-hybridized carbons (Fsp3) is 0.360. The summed E-state index contributed by atoms with van der Waals surface area (Å²) in [5, 5.41) is 15.7. The molecule has 13 heteroatoms. The van der Waals surface area contributed by atoms with Crippen molar-refractivity contribution in [2.24, 2.45) is 5.92 Å². The second kappa shape index (κ2) is 10.3. The number of nitrogens with zero attached hydrogens (tertiary/aromatic N) is 5. The number of hydrogen-bond donors (Lipinski definition) is 2. The van der Waals surface area contributed by atoms with E-state index < -0.39 is 11.7 Å². The average molecular weight is 593 g/mol. The van der Waals surface area contributed by atoms with Gasteiger partial charge in [0.15, 0.2) is 0 Å². The Labute approximate surface area is 223 Å². The molecule has 200 valence electrons. The maximum atomic E-state index is 13.1. The number of hydrogen-bond acceptors (Lipinski definition) is 6. The maximum Gasteiger partial charge on any atom is 0.417 e. The number of pyridine rings is 1. The fourth-order valence-electron chi connectivity index (χ4n) is 4.67. The number of carbonyl (C=O) groups is 1. The molecule has 38 heavy (non-hydrogen) atoms. The van der Waals surface area contributed by atoms with Crippen LogP contribution >= 0.6 is 15.9 Å². The minimum atomic E-state index is -4.52. The van der Waals surface area contributed by atoms with E-state index in [-0.39, 0.29) is 35.2 Å². The number of halogens is 4. The smallest absolute Gasteiger partial charge is 0.417 e. The minimum absolute atomic E-state index is 0.160. The van der Waals surface area contributed by atoms with E-state index in [1.807, 2.05) is 18.2 Å². The lowest BCUT2D eigenvalue weighted by Gasteiger charge is -2.30. The Bertz CT molecular complexity index is 1460. The van der Waals surface area contributed by atoms with Crippen molar-refractivity contribution in [2.45, 2.75) is 31.9 Å². The molecule has 0 atom stereocenters. The summed E-state index contributed by atoms with van der Waals surface area (Å²) in [4.78, 5) is 25.1. The van der Waals surface area contributed by atoms with Crippen molar-refractivity contribution in [3.63, 3.8) is 0 Å². The zero-order chi connectivity index (χ0) is 27.0. The van der Waals surface area contributed by atoms with Crippen LogP contribution in [0, 0.1) is 5.92 Å². The van der Waals surface area contributed by atoms with E-state index in [2.05, 4.69) is 36.0 Å². The van der Waals surface area contributed by atoms with Crippen molar-refractivity contribution in [2.75, 3.05) is 20.2 Å². The Balaban J connectivity index is 1.46. The molecule has 1 aromatic carbocycles. The van der Waals surface area contributed by atoms with Crippen LogP contribution in [0.1, 0.15) is 30.4 Å². The number of aromatic hydroxyl groups is 1. The summed E-state index contributed by atoms with van der Waals surface area (Å²) in [5.41, 5.74) is 1.47. The molecular formula is C25H24BrF3N6O3. The Morgan fingerprint density at radius 2 is 2.00 bits per heavy atom. The summed E-state index contributed by atoms with van der Waals surface area (Å²) in [7, 11) is 1.35. The van der Waals surface area contributed by atoms with Gasteiger partial charge in [0.25, 0.3) is 0 Å². The van der Waals surface area contributed by atoms with E-state index in [0.717, 1.165) is 35.1 Å². The standard InChI is InChI=1S/C25H24BrF3N6O3/c1-38-24(37)34-10-8-14(9-11-34)2-5-17-21(19-6-3-15(13-30-19)25(27,28)29)33-35(22(17)36)23-31-18-7-4-16(26)12-20(18)32-23/h3-4,6-7,12-14,36H,2,5,8-11H2,1H3,(H,31,32). The number of amides is 1. The molecule has 1 fully saturated rings. The van der Waals surface area contributed by atoms with Gasteiger partial charge in [-0.25, -0.2) is 9.78 Å². The Morgan fingerprint density at radius 3 is 2.66 bits per heavy atom. The summed E-state index contributed by atoms with van der Waals surface area (Å²) in [6, 6.07) is 7.69. The lowest BCUT2D eigenvalue weighted by Crippen LogP contribution is -2.38. The van der Waals surface area contributed by atoms with E-state index in [9.17, 15) is 23.1 Å². The van der Waals surface area contributed by atoms with Gasteiger partial charge in [0.05, 0.1) is 29.4 Å². The molecule has 1 saturated heterocycles. The van der Waals surface area contributed by atoms with Gasteiger partial charge >= 0.3 is 12.3 Å². The highest BCUT2D eigenvalue weighted by molar-refractivity contribution is 9.10. The second-order valence-electron chi connectivity index (χ2n) is 9.15. The summed E-state index contributed by atoms with van der Waals surface area (Å²) in [5.74, 6) is 0.392. The van der Waals surface area contributed by atoms with Crippen LogP contribution in [0.15, 0.2) is 41.0 Å². The number of likely N-dealkylation sites (tertiary alicyclic amines) is 1. The van der Waals surface area contributed by atoms with Crippen LogP contribution in [0.4, 0.5) is 18.0 Å². The summed E-state index contributed by atoms with van der Waals surface area (Å²) < 4.78 is 46.2. The Morgan fingerprint density at radius 1 is 1.24 bits per heavy atom. The number of ether oxygens (including phenoxy) is 1. The van der Waals surface area contributed by atoms with Crippen molar-refractivity contribution >= 4 is 33.1 Å². The number of aromatic amines is 1. The molecule has 1 aliphatic rings. The average Bonchev–Trinajstić information content (AvgIpc) is 3.47. The van der Waals surface area contributed by atoms with Crippen LogP contribution in [-0.4, -0.2) is 61.0 Å². The number of imidazole rings is 1. The quantitative estimate of drug-likeness (QED) is 0.307. The molecule has 1 aliphatic heterocycles. The number of rotatable bonds is 5. The maximum absolute atomic E-state index is 13.1. The predicted molar refractivity (Wildman–Crippen MR) is 136 cm³/mol. The van der Waals surface area contributed by atoms with Crippen molar-refractivity contribution in [3.8, 4) is 23.2 Å². The molecule has 2 N–H and O–H groups in total. The third-order valence-electron chi connectivity index (χ3n) is 6.77. The summed E-state index contributed by atoms with van der Waals surface area (Å²) in [6.45, 7) is 1.15. The molecule has 4 heterocycles. The zero-order valence-electron chi connectivity index (χ0n) is 20.3. The molecule has 5 rings (SSSR count). The highest BCUT2D eigenvalue weighted by Gasteiger charge is 2.31. The van der Waals surface area contributed by atoms with E-state index >= 15 is 0 Å². The molecule has 9 nitrogen and oxygen atoms in total. The largest absolute Gasteiger partial charge is 0.493 e. The van der Waals surface area contributed by atoms with Gasteiger partial charge in [-0.1, -0.05) is 15.9 Å². The summed E-state index contributed by atoms with van der Waals surface area (Å²) in [6.07, 6.45) is -1.45. The van der Waals surface area contributed by atoms with Crippen molar-refractivity contribution < 1.29 is 27.8 Å². The number of carbonyl (C=O) groups excluding carboxylic acids is 1. The first-order chi connectivity index (χ1) is 18.1. The number of methoxy groups -OCH3 is 1. The molecule has 4 aromatic rings. The molecule has 0 radical (unpaired) electrons. The summed E-state index contributed by atoms with van der Waals surface area (Å²) >= 11 is 3.41. The number of benzene rings is 1. The van der Waals surface area contributed by atoms with Gasteiger partial charge in [-0.05, 0) is 61.9 Å². The Hall–Kier alpha value is -3.61. The lowest BCUT2D eigenvalue weighted by molar-refractivity contribution is -0.137. The molecule has 0 bridgehead atoms. The Kier molecular flexibility index (Phi) is 7.03.